The Kier molecular flexibility index (Phi) is 5.35. The smallest absolute Gasteiger partial charge is 0.436 e. The van der Waals surface area contributed by atoms with Crippen LogP contribution < -0.4 is 10.6 Å². The number of methoxy groups -OCH3 is 1. The third kappa shape index (κ3) is 3.60. The Morgan fingerprint density at radius 3 is 2.45 bits per heavy atom. The maximum atomic E-state index is 13.2. The highest BCUT2D eigenvalue weighted by molar-refractivity contribution is 5.87. The van der Waals surface area contributed by atoms with Gasteiger partial charge in [0.15, 0.2) is 0 Å². The van der Waals surface area contributed by atoms with Gasteiger partial charge in [0.2, 0.25) is 5.91 Å². The molecule has 9 heteroatoms. The molecule has 1 aliphatic heterocycles. The molecule has 0 unspecified atom stereocenters. The second kappa shape index (κ2) is 6.40. The average molecular weight is 298 g/mol. The SMILES string of the molecule is COC(=O)[C@@](NC[C@@H]1CCCO1)(NC(C)=O)C(F)(F)F. The summed E-state index contributed by atoms with van der Waals surface area (Å²) in [5, 5.41) is 3.64. The predicted molar refractivity (Wildman–Crippen MR) is 61.6 cm³/mol. The molecular formula is C11H17F3N2O4. The minimum atomic E-state index is -5.05. The Labute approximate surface area is 114 Å². The van der Waals surface area contributed by atoms with Crippen LogP contribution in [0.5, 0.6) is 0 Å². The van der Waals surface area contributed by atoms with Crippen molar-refractivity contribution >= 4 is 11.9 Å². The normalized spacial score (nSPS) is 22.1. The molecule has 0 spiro atoms. The van der Waals surface area contributed by atoms with E-state index in [1.165, 1.54) is 0 Å². The number of amides is 1. The van der Waals surface area contributed by atoms with Crippen LogP contribution in [0.25, 0.3) is 0 Å². The Hall–Kier alpha value is -1.35. The van der Waals surface area contributed by atoms with E-state index in [9.17, 15) is 22.8 Å². The van der Waals surface area contributed by atoms with E-state index in [4.69, 9.17) is 4.74 Å². The summed E-state index contributed by atoms with van der Waals surface area (Å²) in [7, 11) is 0.818. The second-order valence-corrected chi connectivity index (χ2v) is 4.44. The van der Waals surface area contributed by atoms with Crippen LogP contribution in [0.3, 0.4) is 0 Å². The lowest BCUT2D eigenvalue weighted by Gasteiger charge is -2.34. The van der Waals surface area contributed by atoms with Gasteiger partial charge >= 0.3 is 12.1 Å². The summed E-state index contributed by atoms with van der Waals surface area (Å²) in [4.78, 5) is 22.6. The fourth-order valence-corrected chi connectivity index (χ4v) is 1.94. The van der Waals surface area contributed by atoms with Crippen molar-refractivity contribution in [1.29, 1.82) is 0 Å². The first-order valence-corrected chi connectivity index (χ1v) is 6.03. The molecule has 1 heterocycles. The molecule has 0 saturated carbocycles. The van der Waals surface area contributed by atoms with Crippen LogP contribution >= 0.6 is 0 Å². The molecule has 1 amide bonds. The summed E-state index contributed by atoms with van der Waals surface area (Å²) < 4.78 is 49.1. The van der Waals surface area contributed by atoms with E-state index >= 15 is 0 Å². The lowest BCUT2D eigenvalue weighted by Crippen LogP contribution is -2.73. The quantitative estimate of drug-likeness (QED) is 0.565. The lowest BCUT2D eigenvalue weighted by atomic mass is 10.1. The zero-order valence-corrected chi connectivity index (χ0v) is 11.2. The van der Waals surface area contributed by atoms with E-state index in [-0.39, 0.29) is 6.54 Å². The number of esters is 1. The molecule has 0 aromatic heterocycles. The van der Waals surface area contributed by atoms with Gasteiger partial charge in [-0.05, 0) is 12.8 Å². The van der Waals surface area contributed by atoms with E-state index in [1.54, 1.807) is 5.32 Å². The van der Waals surface area contributed by atoms with Crippen molar-refractivity contribution in [2.45, 2.75) is 37.7 Å². The van der Waals surface area contributed by atoms with Crippen LogP contribution in [0.2, 0.25) is 0 Å². The van der Waals surface area contributed by atoms with E-state index in [0.717, 1.165) is 20.5 Å². The number of alkyl halides is 3. The van der Waals surface area contributed by atoms with Gasteiger partial charge in [-0.1, -0.05) is 0 Å². The molecule has 1 aliphatic rings. The minimum Gasteiger partial charge on any atom is -0.466 e. The van der Waals surface area contributed by atoms with Crippen molar-refractivity contribution in [3.63, 3.8) is 0 Å². The van der Waals surface area contributed by atoms with Gasteiger partial charge < -0.3 is 14.8 Å². The summed E-state index contributed by atoms with van der Waals surface area (Å²) in [5.41, 5.74) is -3.26. The molecule has 1 saturated heterocycles. The van der Waals surface area contributed by atoms with Crippen molar-refractivity contribution in [2.75, 3.05) is 20.3 Å². The number of hydrogen-bond acceptors (Lipinski definition) is 5. The maximum Gasteiger partial charge on any atom is 0.436 e. The monoisotopic (exact) mass is 298 g/mol. The highest BCUT2D eigenvalue weighted by atomic mass is 19.4. The van der Waals surface area contributed by atoms with Crippen molar-refractivity contribution in [3.05, 3.63) is 0 Å². The Morgan fingerprint density at radius 2 is 2.05 bits per heavy atom. The number of ether oxygens (including phenoxy) is 2. The van der Waals surface area contributed by atoms with Crippen molar-refractivity contribution in [2.24, 2.45) is 0 Å². The van der Waals surface area contributed by atoms with Gasteiger partial charge in [-0.15, -0.1) is 0 Å². The van der Waals surface area contributed by atoms with Gasteiger partial charge in [-0.2, -0.15) is 13.2 Å². The fraction of sp³-hybridized carbons (Fsp3) is 0.818. The molecule has 1 fully saturated rings. The number of halogens is 3. The molecule has 0 aromatic rings. The molecule has 0 radical (unpaired) electrons. The first-order valence-electron chi connectivity index (χ1n) is 6.03. The zero-order valence-electron chi connectivity index (χ0n) is 11.2. The van der Waals surface area contributed by atoms with Gasteiger partial charge in [0, 0.05) is 20.1 Å². The molecule has 2 atom stereocenters. The Bertz CT molecular complexity index is 369. The molecular weight excluding hydrogens is 281 g/mol. The van der Waals surface area contributed by atoms with Crippen LogP contribution in [-0.4, -0.2) is 50.1 Å². The van der Waals surface area contributed by atoms with Crippen LogP contribution in [0.4, 0.5) is 13.2 Å². The van der Waals surface area contributed by atoms with Crippen LogP contribution in [-0.2, 0) is 19.1 Å². The van der Waals surface area contributed by atoms with Gasteiger partial charge in [0.05, 0.1) is 13.2 Å². The summed E-state index contributed by atoms with van der Waals surface area (Å²) in [6, 6.07) is 0. The number of carbonyl (C=O) groups excluding carboxylic acids is 2. The molecule has 2 N–H and O–H groups in total. The summed E-state index contributed by atoms with van der Waals surface area (Å²) >= 11 is 0. The number of carbonyl (C=O) groups is 2. The van der Waals surface area contributed by atoms with Gasteiger partial charge in [-0.25, -0.2) is 4.79 Å². The van der Waals surface area contributed by atoms with Gasteiger partial charge in [0.1, 0.15) is 0 Å². The van der Waals surface area contributed by atoms with E-state index in [2.05, 4.69) is 4.74 Å². The predicted octanol–water partition coefficient (Wildman–Crippen LogP) is 0.323. The second-order valence-electron chi connectivity index (χ2n) is 4.44. The molecule has 6 nitrogen and oxygen atoms in total. The maximum absolute atomic E-state index is 13.2. The summed E-state index contributed by atoms with van der Waals surface area (Å²) in [5.74, 6) is -2.63. The highest BCUT2D eigenvalue weighted by Gasteiger charge is 2.62. The van der Waals surface area contributed by atoms with E-state index < -0.39 is 29.8 Å². The molecule has 20 heavy (non-hydrogen) atoms. The van der Waals surface area contributed by atoms with Crippen molar-refractivity contribution in [3.8, 4) is 0 Å². The Balaban J connectivity index is 2.94. The standard InChI is InChI=1S/C11H17F3N2O4/c1-7(17)16-10(9(18)19-2,11(12,13)14)15-6-8-4-3-5-20-8/h8,15H,3-6H2,1-2H3,(H,16,17)/t8-,10+/m0/s1. The average Bonchev–Trinajstić information content (AvgIpc) is 2.84. The van der Waals surface area contributed by atoms with Crippen LogP contribution in [0, 0.1) is 0 Å². The molecule has 0 aromatic carbocycles. The van der Waals surface area contributed by atoms with Crippen LogP contribution in [0.15, 0.2) is 0 Å². The first-order chi connectivity index (χ1) is 9.23. The summed E-state index contributed by atoms with van der Waals surface area (Å²) in [6.45, 7) is 1.12. The van der Waals surface area contributed by atoms with Crippen LogP contribution in [0.1, 0.15) is 19.8 Å². The van der Waals surface area contributed by atoms with Crippen molar-refractivity contribution < 1.29 is 32.2 Å². The third-order valence-corrected chi connectivity index (χ3v) is 2.90. The molecule has 0 bridgehead atoms. The number of rotatable bonds is 5. The molecule has 1 rings (SSSR count). The number of hydrogen-bond donors (Lipinski definition) is 2. The highest BCUT2D eigenvalue weighted by Crippen LogP contribution is 2.30. The number of nitrogens with one attached hydrogen (secondary N) is 2. The molecule has 116 valence electrons. The largest absolute Gasteiger partial charge is 0.466 e. The topological polar surface area (TPSA) is 76.7 Å². The van der Waals surface area contributed by atoms with E-state index in [1.807, 2.05) is 5.32 Å². The van der Waals surface area contributed by atoms with Crippen molar-refractivity contribution in [1.82, 2.24) is 10.6 Å². The summed E-state index contributed by atoms with van der Waals surface area (Å²) in [6.07, 6.45) is -4.16. The Morgan fingerprint density at radius 1 is 1.40 bits per heavy atom. The third-order valence-electron chi connectivity index (χ3n) is 2.90. The minimum absolute atomic E-state index is 0.227. The van der Waals surface area contributed by atoms with E-state index in [0.29, 0.717) is 13.0 Å². The van der Waals surface area contributed by atoms with Gasteiger partial charge in [0.25, 0.3) is 5.66 Å². The van der Waals surface area contributed by atoms with Gasteiger partial charge in [-0.3, -0.25) is 10.1 Å². The zero-order chi connectivity index (χ0) is 15.4. The fourth-order valence-electron chi connectivity index (χ4n) is 1.94. The lowest BCUT2D eigenvalue weighted by molar-refractivity contribution is -0.221. The molecule has 0 aliphatic carbocycles. The first kappa shape index (κ1) is 16.7.